The first-order chi connectivity index (χ1) is 34.4. The van der Waals surface area contributed by atoms with Gasteiger partial charge in [0, 0.05) is 12.8 Å². The molecule has 6 N–H and O–H groups in total. The van der Waals surface area contributed by atoms with Crippen molar-refractivity contribution in [2.24, 2.45) is 0 Å². The fraction of sp³-hybridized carbons (Fsp3) is 0.789. The summed E-state index contributed by atoms with van der Waals surface area (Å²) < 4.78 is 33.7. The number of aliphatic hydroxyl groups is 5. The van der Waals surface area contributed by atoms with Crippen LogP contribution in [0.15, 0.2) is 60.8 Å². The summed E-state index contributed by atoms with van der Waals surface area (Å²) in [7, 11) is -5.14. The third kappa shape index (κ3) is 37.9. The Balaban J connectivity index is 2.40. The smallest absolute Gasteiger partial charge is 0.462 e. The lowest BCUT2D eigenvalue weighted by molar-refractivity contribution is -0.220. The molecule has 0 bridgehead atoms. The number of phosphoric acid groups is 1. The quantitative estimate of drug-likeness (QED) is 0.0145. The zero-order valence-electron chi connectivity index (χ0n) is 44.3. The van der Waals surface area contributed by atoms with Gasteiger partial charge < -0.3 is 39.9 Å². The van der Waals surface area contributed by atoms with Gasteiger partial charge in [0.1, 0.15) is 43.2 Å². The van der Waals surface area contributed by atoms with E-state index in [1.807, 2.05) is 12.2 Å². The van der Waals surface area contributed by atoms with Crippen molar-refractivity contribution in [3.05, 3.63) is 60.8 Å². The van der Waals surface area contributed by atoms with E-state index in [-0.39, 0.29) is 12.8 Å². The van der Waals surface area contributed by atoms with Crippen LogP contribution in [0.4, 0.5) is 0 Å². The summed E-state index contributed by atoms with van der Waals surface area (Å²) in [6, 6.07) is 0. The molecule has 0 aromatic rings. The highest BCUT2D eigenvalue weighted by Crippen LogP contribution is 2.47. The largest absolute Gasteiger partial charge is 0.472 e. The highest BCUT2D eigenvalue weighted by molar-refractivity contribution is 7.47. The fourth-order valence-electron chi connectivity index (χ4n) is 8.34. The minimum Gasteiger partial charge on any atom is -0.462 e. The summed E-state index contributed by atoms with van der Waals surface area (Å²) in [5.41, 5.74) is 0. The lowest BCUT2D eigenvalue weighted by Gasteiger charge is -2.41. The number of carbonyl (C=O) groups excluding carboxylic acids is 2. The molecule has 1 aliphatic carbocycles. The molecule has 0 aromatic carbocycles. The van der Waals surface area contributed by atoms with Crippen molar-refractivity contribution < 1.29 is 63.1 Å². The standard InChI is InChI=1S/C57H101O13P/c1-3-5-7-9-11-13-15-17-19-21-23-25-27-29-31-33-35-37-39-41-43-45-50(58)67-47-49(48-68-71(65,66)70-57-55(63)53(61)52(60)54(62)56(57)64)69-51(59)46-44-42-40-38-36-34-32-30-28-26-24-22-20-18-16-14-12-10-8-6-4-2/h17,19-20,22,26,28,32,34,38,40,49,52-57,60-64H,3-16,18,21,23-25,27,29-31,33,35-37,39,41-48H2,1-2H3,(H,65,66)/b19-17+,22-20+,28-26+,34-32+,40-38+/t49-,52?,53-,54?,55?,56?,57?/m0/s1. The van der Waals surface area contributed by atoms with Gasteiger partial charge in [-0.25, -0.2) is 4.57 Å². The summed E-state index contributed by atoms with van der Waals surface area (Å²) in [6.07, 6.45) is 45.6. The SMILES string of the molecule is CCCCCCCC/C=C/CCCCCCCCCCCCCC(=O)OC[C@@H](COP(=O)(O)OC1C(O)C(O)C(O)[C@H](O)C1O)OC(=O)CCC/C=C/C/C=C/C/C=C/C/C=C/CCCCCCCCC. The summed E-state index contributed by atoms with van der Waals surface area (Å²) >= 11 is 0. The van der Waals surface area contributed by atoms with Gasteiger partial charge >= 0.3 is 19.8 Å². The van der Waals surface area contributed by atoms with Crippen LogP contribution in [0.25, 0.3) is 0 Å². The second-order valence-electron chi connectivity index (χ2n) is 19.4. The number of carbonyl (C=O) groups is 2. The normalized spacial score (nSPS) is 21.1. The Morgan fingerprint density at radius 1 is 0.437 bits per heavy atom. The van der Waals surface area contributed by atoms with Crippen LogP contribution in [0, 0.1) is 0 Å². The monoisotopic (exact) mass is 1020 g/mol. The molecule has 412 valence electrons. The van der Waals surface area contributed by atoms with E-state index in [1.54, 1.807) is 0 Å². The molecule has 6 unspecified atom stereocenters. The maximum absolute atomic E-state index is 12.9. The maximum atomic E-state index is 12.9. The van der Waals surface area contributed by atoms with Crippen molar-refractivity contribution in [2.75, 3.05) is 13.2 Å². The average Bonchev–Trinajstić information content (AvgIpc) is 3.35. The molecule has 0 amide bonds. The molecule has 0 spiro atoms. The lowest BCUT2D eigenvalue weighted by Crippen LogP contribution is -2.64. The molecule has 1 aliphatic rings. The molecule has 1 fully saturated rings. The van der Waals surface area contributed by atoms with Gasteiger partial charge in [0.25, 0.3) is 0 Å². The Hall–Kier alpha value is -2.45. The summed E-state index contributed by atoms with van der Waals surface area (Å²) in [4.78, 5) is 35.9. The van der Waals surface area contributed by atoms with Gasteiger partial charge in [0.2, 0.25) is 0 Å². The number of allylic oxidation sites excluding steroid dienone is 10. The van der Waals surface area contributed by atoms with Crippen LogP contribution in [-0.2, 0) is 32.7 Å². The summed E-state index contributed by atoms with van der Waals surface area (Å²) in [5.74, 6) is -1.16. The van der Waals surface area contributed by atoms with E-state index in [9.17, 15) is 44.6 Å². The molecule has 14 heteroatoms. The summed E-state index contributed by atoms with van der Waals surface area (Å²) in [6.45, 7) is 3.28. The minimum absolute atomic E-state index is 0.0199. The second-order valence-corrected chi connectivity index (χ2v) is 20.8. The molecule has 0 heterocycles. The summed E-state index contributed by atoms with van der Waals surface area (Å²) in [5, 5.41) is 50.3. The van der Waals surface area contributed by atoms with Crippen LogP contribution in [0.2, 0.25) is 0 Å². The fourth-order valence-corrected chi connectivity index (χ4v) is 9.31. The predicted molar refractivity (Wildman–Crippen MR) is 286 cm³/mol. The van der Waals surface area contributed by atoms with Crippen molar-refractivity contribution in [3.8, 4) is 0 Å². The van der Waals surface area contributed by atoms with E-state index in [2.05, 4.69) is 62.5 Å². The molecule has 13 nitrogen and oxygen atoms in total. The van der Waals surface area contributed by atoms with Crippen molar-refractivity contribution in [3.63, 3.8) is 0 Å². The Bertz CT molecular complexity index is 1470. The van der Waals surface area contributed by atoms with Crippen molar-refractivity contribution in [2.45, 2.75) is 275 Å². The van der Waals surface area contributed by atoms with Crippen LogP contribution in [-0.4, -0.2) is 98.3 Å². The molecule has 0 radical (unpaired) electrons. The van der Waals surface area contributed by atoms with Crippen LogP contribution in [0.1, 0.15) is 232 Å². The first-order valence-corrected chi connectivity index (χ1v) is 29.6. The highest BCUT2D eigenvalue weighted by atomic mass is 31.2. The molecule has 8 atom stereocenters. The van der Waals surface area contributed by atoms with E-state index in [4.69, 9.17) is 18.5 Å². The Labute approximate surface area is 430 Å². The Morgan fingerprint density at radius 2 is 0.775 bits per heavy atom. The first-order valence-electron chi connectivity index (χ1n) is 28.1. The van der Waals surface area contributed by atoms with E-state index in [0.29, 0.717) is 19.3 Å². The van der Waals surface area contributed by atoms with Crippen LogP contribution in [0.3, 0.4) is 0 Å². The molecule has 0 saturated heterocycles. The van der Waals surface area contributed by atoms with Gasteiger partial charge in [0.05, 0.1) is 6.61 Å². The van der Waals surface area contributed by atoms with E-state index in [1.165, 1.54) is 141 Å². The highest BCUT2D eigenvalue weighted by Gasteiger charge is 2.51. The van der Waals surface area contributed by atoms with Gasteiger partial charge in [-0.2, -0.15) is 0 Å². The van der Waals surface area contributed by atoms with E-state index < -0.39 is 75.7 Å². The topological polar surface area (TPSA) is 210 Å². The van der Waals surface area contributed by atoms with Gasteiger partial charge in [-0.05, 0) is 77.0 Å². The van der Waals surface area contributed by atoms with Crippen LogP contribution in [0.5, 0.6) is 0 Å². The average molecular weight is 1030 g/mol. The number of hydrogen-bond donors (Lipinski definition) is 6. The zero-order valence-corrected chi connectivity index (χ0v) is 45.2. The van der Waals surface area contributed by atoms with Crippen molar-refractivity contribution in [1.29, 1.82) is 0 Å². The van der Waals surface area contributed by atoms with Gasteiger partial charge in [-0.15, -0.1) is 0 Å². The molecule has 1 saturated carbocycles. The molecule has 0 aromatic heterocycles. The van der Waals surface area contributed by atoms with E-state index >= 15 is 0 Å². The molecular weight excluding hydrogens is 924 g/mol. The third-order valence-electron chi connectivity index (χ3n) is 12.8. The van der Waals surface area contributed by atoms with Crippen LogP contribution < -0.4 is 0 Å². The Kier molecular flexibility index (Phi) is 43.2. The third-order valence-corrected chi connectivity index (χ3v) is 13.8. The van der Waals surface area contributed by atoms with Gasteiger partial charge in [-0.1, -0.05) is 203 Å². The lowest BCUT2D eigenvalue weighted by atomic mass is 9.85. The van der Waals surface area contributed by atoms with Crippen LogP contribution >= 0.6 is 7.82 Å². The molecule has 1 rings (SSSR count). The number of ether oxygens (including phenoxy) is 2. The van der Waals surface area contributed by atoms with E-state index in [0.717, 1.165) is 44.9 Å². The van der Waals surface area contributed by atoms with Crippen molar-refractivity contribution in [1.82, 2.24) is 0 Å². The number of aliphatic hydroxyl groups excluding tert-OH is 5. The number of rotatable bonds is 47. The number of phosphoric ester groups is 1. The van der Waals surface area contributed by atoms with Gasteiger partial charge in [0.15, 0.2) is 6.10 Å². The predicted octanol–water partition coefficient (Wildman–Crippen LogP) is 12.8. The molecule has 71 heavy (non-hydrogen) atoms. The maximum Gasteiger partial charge on any atom is 0.472 e. The first kappa shape index (κ1) is 66.6. The zero-order chi connectivity index (χ0) is 52.1. The number of esters is 2. The number of hydrogen-bond acceptors (Lipinski definition) is 12. The van der Waals surface area contributed by atoms with Crippen molar-refractivity contribution >= 4 is 19.8 Å². The second kappa shape index (κ2) is 46.1. The molecular formula is C57H101O13P. The van der Waals surface area contributed by atoms with Gasteiger partial charge in [-0.3, -0.25) is 18.6 Å². The minimum atomic E-state index is -5.14. The number of unbranched alkanes of at least 4 members (excludes halogenated alkanes) is 25. The Morgan fingerprint density at radius 3 is 1.21 bits per heavy atom. The molecule has 0 aliphatic heterocycles.